The zero-order valence-electron chi connectivity index (χ0n) is 34.5. The van der Waals surface area contributed by atoms with Crippen molar-refractivity contribution in [3.05, 3.63) is 224 Å². The summed E-state index contributed by atoms with van der Waals surface area (Å²) in [4.78, 5) is 0. The van der Waals surface area contributed by atoms with Crippen LogP contribution in [0, 0.1) is 128 Å². The van der Waals surface area contributed by atoms with Crippen LogP contribution in [0.1, 0.15) is 22.3 Å². The maximum Gasteiger partial charge on any atom is 0.200 e. The van der Waals surface area contributed by atoms with Crippen molar-refractivity contribution < 1.29 is 92.0 Å². The van der Waals surface area contributed by atoms with E-state index in [-0.39, 0.29) is 0 Å². The van der Waals surface area contributed by atoms with Crippen molar-refractivity contribution in [1.82, 2.24) is 0 Å². The van der Waals surface area contributed by atoms with Crippen LogP contribution in [0.4, 0.5) is 87.8 Å². The first-order valence-corrected chi connectivity index (χ1v) is 21.3. The monoisotopic (exact) mass is 1020 g/mol. The van der Waals surface area contributed by atoms with Gasteiger partial charge in [-0.3, -0.25) is 0 Å². The van der Waals surface area contributed by atoms with Gasteiger partial charge < -0.3 is 0 Å². The Kier molecular flexibility index (Phi) is 15.0. The largest absolute Gasteiger partial charge is 0.207 e. The second kappa shape index (κ2) is 20.1. The maximum absolute atomic E-state index is 15.4. The minimum atomic E-state index is -7.22. The van der Waals surface area contributed by atoms with E-state index in [1.807, 2.05) is 36.4 Å². The molecule has 0 amide bonds. The highest BCUT2D eigenvalue weighted by Gasteiger charge is 2.52. The molecule has 70 heavy (non-hydrogen) atoms. The van der Waals surface area contributed by atoms with Gasteiger partial charge in [0.15, 0.2) is 85.0 Å². The minimum absolute atomic E-state index is 0.485. The van der Waals surface area contributed by atoms with E-state index in [9.17, 15) is 56.9 Å². The van der Waals surface area contributed by atoms with Crippen LogP contribution in [0.2, 0.25) is 0 Å². The highest BCUT2D eigenvalue weighted by molar-refractivity contribution is 8.05. The first-order chi connectivity index (χ1) is 32.8. The van der Waals surface area contributed by atoms with E-state index in [0.29, 0.717) is 5.75 Å². The molecule has 0 spiro atoms. The number of rotatable bonds is 8. The Balaban J connectivity index is 0.000000270. The molecule has 1 atom stereocenters. The molecule has 364 valence electrons. The zero-order valence-corrected chi connectivity index (χ0v) is 35.3. The summed E-state index contributed by atoms with van der Waals surface area (Å²) in [5, 5.41) is 2.96. The smallest absolute Gasteiger partial charge is 0.200 e. The maximum atomic E-state index is 15.4. The van der Waals surface area contributed by atoms with Crippen LogP contribution >= 0.6 is 0 Å². The minimum Gasteiger partial charge on any atom is -0.207 e. The average Bonchev–Trinajstić information content (AvgIpc) is 3.34. The first-order valence-electron chi connectivity index (χ1n) is 19.2. The highest BCUT2D eigenvalue weighted by atomic mass is 32.2. The average molecular weight is 1020 g/mol. The predicted octanol–water partition coefficient (Wildman–Crippen LogP) is 10.8. The van der Waals surface area contributed by atoms with Crippen LogP contribution in [0.15, 0.2) is 84.9 Å². The number of halogens is 20. The third-order valence-electron chi connectivity index (χ3n) is 10.6. The number of hydrogen-bond donors (Lipinski definition) is 0. The van der Waals surface area contributed by atoms with E-state index < -0.39 is 154 Å². The van der Waals surface area contributed by atoms with Crippen molar-refractivity contribution in [1.29, 1.82) is 0 Å². The van der Waals surface area contributed by atoms with Gasteiger partial charge in [-0.25, -0.2) is 87.8 Å². The van der Waals surface area contributed by atoms with Gasteiger partial charge in [-0.15, -0.1) is 21.9 Å². The molecule has 7 aromatic rings. The van der Waals surface area contributed by atoms with Crippen LogP contribution in [0.3, 0.4) is 0 Å². The summed E-state index contributed by atoms with van der Waals surface area (Å²) < 4.78 is 307. The van der Waals surface area contributed by atoms with Crippen molar-refractivity contribution in [2.75, 3.05) is 6.26 Å². The summed E-state index contributed by atoms with van der Waals surface area (Å²) in [5.41, 5.74) is -9.82. The molecule has 0 N–H and O–H groups in total. The van der Waals surface area contributed by atoms with E-state index in [1.54, 1.807) is 6.26 Å². The first kappa shape index (κ1) is 52.3. The Morgan fingerprint density at radius 2 is 0.586 bits per heavy atom. The third-order valence-corrected chi connectivity index (χ3v) is 12.0. The van der Waals surface area contributed by atoms with Crippen molar-refractivity contribution in [2.45, 2.75) is 12.2 Å². The molecule has 23 heteroatoms. The number of hydrogen-bond acceptors (Lipinski definition) is 1. The van der Waals surface area contributed by atoms with Crippen molar-refractivity contribution in [3.63, 3.8) is 0 Å². The lowest BCUT2D eigenvalue weighted by molar-refractivity contribution is 0.378. The Hall–Kier alpha value is -7.09. The fraction of sp³-hybridized carbons (Fsp3) is 0.0638. The van der Waals surface area contributed by atoms with Crippen molar-refractivity contribution >= 4 is 37.9 Å². The standard InChI is InChI=1S/C24BF20.C23H21OS/c26-5-1(6(27)14(35)21(42)13(5)34)25(2-7(28)15(36)22(43)16(37)8(2)29,3-9(30)17(38)23(44)18(39)10(3)31)4-11(32)19(40)24(45)20(41)12(4)33;1-25(24,17-16-20-8-4-2-5-9-20)19-23-14-12-22(13-15-23)18-21-10-6-3-7-11-21/h;2-15H,18-19H2,1H3/q-1;+1. The molecule has 7 rings (SSSR count). The Bertz CT molecular complexity index is 2920. The molecule has 0 heterocycles. The molecule has 0 aromatic heterocycles. The SMILES string of the molecule is C[S+](=O)(C#Cc1ccccc1)Cc1ccc(Cc2ccccc2)cc1.Fc1c(F)c(F)c([B-](c2c(F)c(F)c(F)c(F)c2F)(c2c(F)c(F)c(F)c(F)c2F)c2c(F)c(F)c(F)c(F)c2F)c(F)c1F. The summed E-state index contributed by atoms with van der Waals surface area (Å²) in [6, 6.07) is 28.4. The van der Waals surface area contributed by atoms with Crippen LogP contribution in [-0.4, -0.2) is 12.4 Å². The molecular formula is C47H21BF20OS. The summed E-state index contributed by atoms with van der Waals surface area (Å²) in [7, 11) is -2.22. The molecule has 0 aliphatic carbocycles. The van der Waals surface area contributed by atoms with Crippen LogP contribution in [0.5, 0.6) is 0 Å². The molecule has 0 fully saturated rings. The van der Waals surface area contributed by atoms with Crippen molar-refractivity contribution in [2.24, 2.45) is 0 Å². The van der Waals surface area contributed by atoms with Crippen molar-refractivity contribution in [3.8, 4) is 11.2 Å². The Labute approximate surface area is 382 Å². The normalized spacial score (nSPS) is 12.2. The predicted molar refractivity (Wildman–Crippen MR) is 216 cm³/mol. The van der Waals surface area contributed by atoms with Gasteiger partial charge in [0.25, 0.3) is 0 Å². The molecule has 1 nitrogen and oxygen atoms in total. The van der Waals surface area contributed by atoms with E-state index in [4.69, 9.17) is 0 Å². The van der Waals surface area contributed by atoms with Gasteiger partial charge in [0.05, 0.1) is 0 Å². The second-order valence-corrected chi connectivity index (χ2v) is 17.5. The molecule has 0 radical (unpaired) electrons. The molecule has 0 aliphatic rings. The fourth-order valence-corrected chi connectivity index (χ4v) is 8.74. The van der Waals surface area contributed by atoms with Crippen LogP contribution in [-0.2, 0) is 26.3 Å². The Morgan fingerprint density at radius 3 is 0.886 bits per heavy atom. The molecule has 1 unspecified atom stereocenters. The molecule has 0 aliphatic heterocycles. The second-order valence-electron chi connectivity index (χ2n) is 15.0. The lowest BCUT2D eigenvalue weighted by Crippen LogP contribution is -2.81. The molecule has 0 bridgehead atoms. The lowest BCUT2D eigenvalue weighted by atomic mass is 9.12. The summed E-state index contributed by atoms with van der Waals surface area (Å²) in [6.07, 6.45) is -4.57. The van der Waals surface area contributed by atoms with Gasteiger partial charge in [0, 0.05) is 11.1 Å². The van der Waals surface area contributed by atoms with E-state index >= 15 is 35.1 Å². The molecular weight excluding hydrogens is 1000 g/mol. The topological polar surface area (TPSA) is 17.1 Å². The van der Waals surface area contributed by atoms with E-state index in [0.717, 1.165) is 17.5 Å². The van der Waals surface area contributed by atoms with Crippen LogP contribution in [0.25, 0.3) is 0 Å². The summed E-state index contributed by atoms with van der Waals surface area (Å²) in [5.74, 6) is -67.9. The van der Waals surface area contributed by atoms with Gasteiger partial charge in [-0.2, -0.15) is 0 Å². The van der Waals surface area contributed by atoms with E-state index in [1.165, 1.54) is 11.1 Å². The van der Waals surface area contributed by atoms with Gasteiger partial charge >= 0.3 is 0 Å². The van der Waals surface area contributed by atoms with Gasteiger partial charge in [0.1, 0.15) is 64.7 Å². The Morgan fingerprint density at radius 1 is 0.343 bits per heavy atom. The lowest BCUT2D eigenvalue weighted by Gasteiger charge is -2.44. The van der Waals surface area contributed by atoms with Crippen LogP contribution < -0.4 is 21.9 Å². The third kappa shape index (κ3) is 9.23. The quantitative estimate of drug-likeness (QED) is 0.0370. The molecule has 0 saturated carbocycles. The molecule has 0 saturated heterocycles. The fourth-order valence-electron chi connectivity index (χ4n) is 7.50. The number of benzene rings is 7. The van der Waals surface area contributed by atoms with Gasteiger partial charge in [-0.1, -0.05) is 77.0 Å². The van der Waals surface area contributed by atoms with Gasteiger partial charge in [-0.05, 0) is 35.6 Å². The summed E-state index contributed by atoms with van der Waals surface area (Å²) >= 11 is 0. The van der Waals surface area contributed by atoms with E-state index in [2.05, 4.69) is 59.7 Å². The highest BCUT2D eigenvalue weighted by Crippen LogP contribution is 2.31. The molecule has 7 aromatic carbocycles. The van der Waals surface area contributed by atoms with Gasteiger partial charge in [0.2, 0.25) is 0 Å². The zero-order chi connectivity index (χ0) is 51.9. The summed E-state index contributed by atoms with van der Waals surface area (Å²) in [6.45, 7) is 0.